The van der Waals surface area contributed by atoms with Crippen molar-refractivity contribution in [3.63, 3.8) is 0 Å². The van der Waals surface area contributed by atoms with Crippen molar-refractivity contribution in [2.75, 3.05) is 0 Å². The first-order valence-corrected chi connectivity index (χ1v) is 21.2. The largest absolute Gasteiger partial charge is 0.172 e. The molecule has 0 bridgehead atoms. The summed E-state index contributed by atoms with van der Waals surface area (Å²) in [4.78, 5) is 5.39. The number of hydrogen-bond acceptors (Lipinski definition) is 7. The third-order valence-electron chi connectivity index (χ3n) is 8.77. The van der Waals surface area contributed by atoms with Crippen molar-refractivity contribution in [3.05, 3.63) is 43.0 Å². The monoisotopic (exact) mass is 792 g/mol. The van der Waals surface area contributed by atoms with E-state index in [1.807, 2.05) is 45.3 Å². The number of rotatable bonds is 14. The highest BCUT2D eigenvalue weighted by molar-refractivity contribution is 9.11. The number of unbranched alkanes of at least 4 members (excludes halogenated alkanes) is 2. The van der Waals surface area contributed by atoms with Crippen LogP contribution in [0.3, 0.4) is 0 Å². The molecule has 0 aliphatic carbocycles. The van der Waals surface area contributed by atoms with Gasteiger partial charge in [-0.1, -0.05) is 79.1 Å². The van der Waals surface area contributed by atoms with E-state index in [0.717, 1.165) is 35.7 Å². The van der Waals surface area contributed by atoms with Crippen molar-refractivity contribution in [1.82, 2.24) is 8.75 Å². The fraction of sp³-hybridized carbons (Fsp3) is 0.471. The topological polar surface area (TPSA) is 25.8 Å². The molecular weight excluding hydrogens is 757 g/mol. The quantitative estimate of drug-likeness (QED) is 0.110. The van der Waals surface area contributed by atoms with Gasteiger partial charge in [-0.25, -0.2) is 0 Å². The summed E-state index contributed by atoms with van der Waals surface area (Å²) in [5.41, 5.74) is 5.03. The van der Waals surface area contributed by atoms with Crippen LogP contribution in [0.25, 0.3) is 50.7 Å². The number of fused-ring (bicyclic) bond motifs is 6. The molecule has 0 saturated carbocycles. The molecule has 5 heterocycles. The summed E-state index contributed by atoms with van der Waals surface area (Å²) in [6, 6.07) is 9.63. The van der Waals surface area contributed by atoms with Crippen molar-refractivity contribution < 1.29 is 0 Å². The van der Waals surface area contributed by atoms with Gasteiger partial charge in [0.1, 0.15) is 11.0 Å². The SMILES string of the molecule is CCCCC(CC)Cc1cc(-c2cc3c4nsnc4c4cc(-c5cc(CC(CC)CCCC)c(Br)s5)sc4c3s2)sc1Br. The number of thiophene rings is 4. The summed E-state index contributed by atoms with van der Waals surface area (Å²) in [7, 11) is 0. The van der Waals surface area contributed by atoms with Gasteiger partial charge in [0, 0.05) is 30.3 Å². The third kappa shape index (κ3) is 6.75. The molecule has 0 amide bonds. The van der Waals surface area contributed by atoms with E-state index in [2.05, 4.69) is 83.8 Å². The minimum Gasteiger partial charge on any atom is -0.172 e. The van der Waals surface area contributed by atoms with E-state index < -0.39 is 0 Å². The van der Waals surface area contributed by atoms with Crippen molar-refractivity contribution in [1.29, 1.82) is 0 Å². The first-order valence-electron chi connectivity index (χ1n) is 15.6. The molecule has 0 aliphatic rings. The van der Waals surface area contributed by atoms with Crippen molar-refractivity contribution >= 4 is 120 Å². The molecule has 2 nitrogen and oxygen atoms in total. The van der Waals surface area contributed by atoms with Crippen LogP contribution in [0.1, 0.15) is 90.2 Å². The van der Waals surface area contributed by atoms with Gasteiger partial charge in [-0.2, -0.15) is 8.75 Å². The zero-order valence-electron chi connectivity index (χ0n) is 25.2. The minimum absolute atomic E-state index is 0.757. The Morgan fingerprint density at radius 2 is 1.02 bits per heavy atom. The highest BCUT2D eigenvalue weighted by Gasteiger charge is 2.22. The lowest BCUT2D eigenvalue weighted by atomic mass is 9.93. The molecule has 9 heteroatoms. The van der Waals surface area contributed by atoms with E-state index in [0.29, 0.717) is 0 Å². The summed E-state index contributed by atoms with van der Waals surface area (Å²) in [5.74, 6) is 1.51. The number of halogens is 2. The molecule has 6 aromatic rings. The molecule has 0 aliphatic heterocycles. The van der Waals surface area contributed by atoms with Gasteiger partial charge in [0.05, 0.1) is 28.7 Å². The van der Waals surface area contributed by atoms with Gasteiger partial charge in [-0.15, -0.1) is 45.3 Å². The maximum absolute atomic E-state index is 4.80. The lowest BCUT2D eigenvalue weighted by Crippen LogP contribution is -2.02. The Labute approximate surface area is 292 Å². The van der Waals surface area contributed by atoms with E-state index in [1.165, 1.54) is 121 Å². The van der Waals surface area contributed by atoms with Crippen molar-refractivity contribution in [3.8, 4) is 19.5 Å². The number of hydrogen-bond donors (Lipinski definition) is 0. The second-order valence-corrected chi connectivity index (χ2v) is 19.1. The second-order valence-electron chi connectivity index (χ2n) is 11.7. The van der Waals surface area contributed by atoms with Gasteiger partial charge in [0.2, 0.25) is 0 Å². The van der Waals surface area contributed by atoms with Crippen LogP contribution >= 0.6 is 88.9 Å². The van der Waals surface area contributed by atoms with Gasteiger partial charge >= 0.3 is 0 Å². The van der Waals surface area contributed by atoms with Crippen LogP contribution in [0.2, 0.25) is 0 Å². The van der Waals surface area contributed by atoms with Crippen LogP contribution in [0.5, 0.6) is 0 Å². The number of benzene rings is 1. The van der Waals surface area contributed by atoms with Crippen molar-refractivity contribution in [2.24, 2.45) is 11.8 Å². The Balaban J connectivity index is 1.37. The Kier molecular flexibility index (Phi) is 10.8. The van der Waals surface area contributed by atoms with E-state index >= 15 is 0 Å². The first kappa shape index (κ1) is 32.3. The Morgan fingerprint density at radius 1 is 0.605 bits per heavy atom. The molecule has 0 N–H and O–H groups in total. The average molecular weight is 795 g/mol. The predicted octanol–water partition coefficient (Wildman–Crippen LogP) is 14.6. The number of aromatic nitrogens is 2. The summed E-state index contributed by atoms with van der Waals surface area (Å²) >= 11 is 16.8. The van der Waals surface area contributed by atoms with Gasteiger partial charge < -0.3 is 0 Å². The van der Waals surface area contributed by atoms with E-state index in [1.54, 1.807) is 0 Å². The van der Waals surface area contributed by atoms with Gasteiger partial charge in [0.25, 0.3) is 0 Å². The zero-order chi connectivity index (χ0) is 30.1. The summed E-state index contributed by atoms with van der Waals surface area (Å²) in [5, 5.41) is 2.50. The summed E-state index contributed by atoms with van der Waals surface area (Å²) in [6.45, 7) is 9.27. The van der Waals surface area contributed by atoms with E-state index in [4.69, 9.17) is 8.75 Å². The van der Waals surface area contributed by atoms with Crippen LogP contribution in [0.15, 0.2) is 31.8 Å². The Hall–Kier alpha value is -0.680. The molecule has 0 saturated heterocycles. The van der Waals surface area contributed by atoms with Crippen LogP contribution in [0.4, 0.5) is 0 Å². The van der Waals surface area contributed by atoms with Gasteiger partial charge in [-0.3, -0.25) is 0 Å². The molecule has 43 heavy (non-hydrogen) atoms. The van der Waals surface area contributed by atoms with Crippen LogP contribution < -0.4 is 0 Å². The van der Waals surface area contributed by atoms with Crippen LogP contribution in [-0.4, -0.2) is 8.75 Å². The number of nitrogens with zero attached hydrogens (tertiary/aromatic N) is 2. The third-order valence-corrected chi connectivity index (χ3v) is 16.0. The normalized spacial score (nSPS) is 13.6. The molecule has 1 aromatic carbocycles. The predicted molar refractivity (Wildman–Crippen MR) is 204 cm³/mol. The smallest absolute Gasteiger partial charge is 0.114 e. The molecule has 6 rings (SSSR count). The Morgan fingerprint density at radius 3 is 1.42 bits per heavy atom. The maximum atomic E-state index is 4.80. The zero-order valence-corrected chi connectivity index (χ0v) is 32.5. The lowest BCUT2D eigenvalue weighted by Gasteiger charge is -2.13. The summed E-state index contributed by atoms with van der Waals surface area (Å²) in [6.07, 6.45) is 12.6. The molecule has 228 valence electrons. The van der Waals surface area contributed by atoms with Gasteiger partial charge in [-0.05, 0) is 91.9 Å². The first-order chi connectivity index (χ1) is 20.9. The molecular formula is C34H38Br2N2S5. The lowest BCUT2D eigenvalue weighted by molar-refractivity contribution is 0.449. The standard InChI is InChI=1S/C34H38Br2N2S5/c1-5-9-11-19(7-3)13-21-15-25(41-33(21)35)27-17-23-29-30(38-43-37-29)24-18-28(40-32(24)31(23)39-27)26-16-22(34(36)42-26)14-20(8-4)12-10-6-2/h15-20H,5-14H2,1-4H3. The highest BCUT2D eigenvalue weighted by Crippen LogP contribution is 2.50. The average Bonchev–Trinajstić information content (AvgIpc) is 3.82. The van der Waals surface area contributed by atoms with E-state index in [9.17, 15) is 0 Å². The van der Waals surface area contributed by atoms with Crippen molar-refractivity contribution in [2.45, 2.75) is 91.9 Å². The highest BCUT2D eigenvalue weighted by atomic mass is 79.9. The molecule has 0 fully saturated rings. The fourth-order valence-electron chi connectivity index (χ4n) is 6.10. The van der Waals surface area contributed by atoms with Gasteiger partial charge in [0.15, 0.2) is 0 Å². The van der Waals surface area contributed by atoms with Crippen LogP contribution in [0, 0.1) is 11.8 Å². The molecule has 0 radical (unpaired) electrons. The second kappa shape index (κ2) is 14.4. The molecule has 2 atom stereocenters. The molecule has 5 aromatic heterocycles. The minimum atomic E-state index is 0.757. The fourth-order valence-corrected chi connectivity index (χ4v) is 12.7. The molecule has 0 spiro atoms. The summed E-state index contributed by atoms with van der Waals surface area (Å²) < 4.78 is 14.9. The van der Waals surface area contributed by atoms with Crippen LogP contribution in [-0.2, 0) is 12.8 Å². The molecule has 2 unspecified atom stereocenters. The maximum Gasteiger partial charge on any atom is 0.114 e. The van der Waals surface area contributed by atoms with E-state index in [-0.39, 0.29) is 0 Å². The Bertz CT molecular complexity index is 1710.